The topological polar surface area (TPSA) is 168 Å². The van der Waals surface area contributed by atoms with Gasteiger partial charge >= 0.3 is 0 Å². The number of aliphatic hydroxyl groups is 2. The number of primary amides is 1. The van der Waals surface area contributed by atoms with Gasteiger partial charge in [0.05, 0.1) is 12.1 Å². The van der Waals surface area contributed by atoms with Gasteiger partial charge < -0.3 is 32.3 Å². The molecule has 0 aliphatic heterocycles. The highest BCUT2D eigenvalue weighted by atomic mass is 16.3. The van der Waals surface area contributed by atoms with Crippen LogP contribution in [-0.4, -0.2) is 58.8 Å². The van der Waals surface area contributed by atoms with Gasteiger partial charge in [0.25, 0.3) is 0 Å². The molecule has 1 aliphatic rings. The standard InChI is InChI=1S/C16H28N4O5/c1-8(2)5-11(15(18)24)20-16(25)9-6-10(14(23)12(21)7-9)19-13(22)3-4-17/h6,8,10-12,14,21,23H,3-5,7,17H2,1-2H3,(H2,18,24)(H,19,22)(H,20,25)/t10-,11-,12-,14-/m1/s1. The van der Waals surface area contributed by atoms with Gasteiger partial charge in [0, 0.05) is 25.0 Å². The Bertz CT molecular complexity index is 535. The average Bonchev–Trinajstić information content (AvgIpc) is 2.50. The molecule has 0 fully saturated rings. The lowest BCUT2D eigenvalue weighted by atomic mass is 9.89. The van der Waals surface area contributed by atoms with Crippen LogP contribution < -0.4 is 22.1 Å². The minimum absolute atomic E-state index is 0.0623. The Hall–Kier alpha value is -1.97. The molecule has 0 aromatic heterocycles. The van der Waals surface area contributed by atoms with Crippen molar-refractivity contribution >= 4 is 17.7 Å². The fraction of sp³-hybridized carbons (Fsp3) is 0.688. The molecule has 1 aliphatic carbocycles. The monoisotopic (exact) mass is 356 g/mol. The van der Waals surface area contributed by atoms with Crippen molar-refractivity contribution in [3.8, 4) is 0 Å². The van der Waals surface area contributed by atoms with Gasteiger partial charge in [-0.1, -0.05) is 19.9 Å². The Morgan fingerprint density at radius 3 is 2.48 bits per heavy atom. The first-order chi connectivity index (χ1) is 11.6. The fourth-order valence-corrected chi connectivity index (χ4v) is 2.62. The lowest BCUT2D eigenvalue weighted by molar-refractivity contribution is -0.126. The molecule has 0 saturated carbocycles. The van der Waals surface area contributed by atoms with E-state index in [2.05, 4.69) is 10.6 Å². The number of amides is 3. The molecular weight excluding hydrogens is 328 g/mol. The number of nitrogens with two attached hydrogens (primary N) is 2. The SMILES string of the molecule is CC(C)C[C@@H](NC(=O)C1=C[C@@H](NC(=O)CCN)[C@@H](O)[C@H](O)C1)C(N)=O. The van der Waals surface area contributed by atoms with E-state index in [1.807, 2.05) is 13.8 Å². The van der Waals surface area contributed by atoms with Crippen LogP contribution >= 0.6 is 0 Å². The molecule has 25 heavy (non-hydrogen) atoms. The Balaban J connectivity index is 2.87. The van der Waals surface area contributed by atoms with Crippen LogP contribution in [0.4, 0.5) is 0 Å². The molecule has 9 heteroatoms. The second-order valence-electron chi connectivity index (χ2n) is 6.64. The third kappa shape index (κ3) is 6.45. The molecule has 142 valence electrons. The van der Waals surface area contributed by atoms with Crippen molar-refractivity contribution in [2.45, 2.75) is 57.4 Å². The van der Waals surface area contributed by atoms with Crippen molar-refractivity contribution in [1.29, 1.82) is 0 Å². The number of carbonyl (C=O) groups excluding carboxylic acids is 3. The van der Waals surface area contributed by atoms with Crippen molar-refractivity contribution in [3.63, 3.8) is 0 Å². The van der Waals surface area contributed by atoms with E-state index in [0.29, 0.717) is 6.42 Å². The van der Waals surface area contributed by atoms with Gasteiger partial charge in [0.2, 0.25) is 17.7 Å². The van der Waals surface area contributed by atoms with Crippen LogP contribution in [0.5, 0.6) is 0 Å². The molecule has 0 aromatic carbocycles. The van der Waals surface area contributed by atoms with Gasteiger partial charge in [-0.05, 0) is 12.3 Å². The number of aliphatic hydroxyl groups excluding tert-OH is 2. The Morgan fingerprint density at radius 1 is 1.32 bits per heavy atom. The predicted molar refractivity (Wildman–Crippen MR) is 90.9 cm³/mol. The fourth-order valence-electron chi connectivity index (χ4n) is 2.62. The molecule has 0 unspecified atom stereocenters. The van der Waals surface area contributed by atoms with Crippen molar-refractivity contribution in [2.24, 2.45) is 17.4 Å². The van der Waals surface area contributed by atoms with Crippen LogP contribution in [0, 0.1) is 5.92 Å². The number of hydrogen-bond acceptors (Lipinski definition) is 6. The quantitative estimate of drug-likeness (QED) is 0.291. The summed E-state index contributed by atoms with van der Waals surface area (Å²) in [4.78, 5) is 35.5. The van der Waals surface area contributed by atoms with Crippen LogP contribution in [0.2, 0.25) is 0 Å². The summed E-state index contributed by atoms with van der Waals surface area (Å²) in [6.45, 7) is 3.93. The molecule has 3 amide bonds. The smallest absolute Gasteiger partial charge is 0.247 e. The molecule has 0 heterocycles. The average molecular weight is 356 g/mol. The lowest BCUT2D eigenvalue weighted by Gasteiger charge is -2.31. The minimum atomic E-state index is -1.24. The minimum Gasteiger partial charge on any atom is -0.390 e. The van der Waals surface area contributed by atoms with E-state index in [1.54, 1.807) is 0 Å². The summed E-state index contributed by atoms with van der Waals surface area (Å²) in [6.07, 6.45) is -0.715. The zero-order valence-corrected chi connectivity index (χ0v) is 14.6. The summed E-state index contributed by atoms with van der Waals surface area (Å²) in [5.41, 5.74) is 10.8. The lowest BCUT2D eigenvalue weighted by Crippen LogP contribution is -2.52. The number of rotatable bonds is 8. The summed E-state index contributed by atoms with van der Waals surface area (Å²) in [6, 6.07) is -1.75. The first kappa shape index (κ1) is 21.1. The van der Waals surface area contributed by atoms with Crippen molar-refractivity contribution in [3.05, 3.63) is 11.6 Å². The van der Waals surface area contributed by atoms with Crippen molar-refractivity contribution in [2.75, 3.05) is 6.54 Å². The first-order valence-electron chi connectivity index (χ1n) is 8.32. The maximum atomic E-state index is 12.4. The van der Waals surface area contributed by atoms with E-state index in [1.165, 1.54) is 6.08 Å². The van der Waals surface area contributed by atoms with E-state index < -0.39 is 42.0 Å². The first-order valence-corrected chi connectivity index (χ1v) is 8.32. The molecule has 0 spiro atoms. The number of nitrogens with one attached hydrogen (secondary N) is 2. The third-order valence-corrected chi connectivity index (χ3v) is 3.92. The van der Waals surface area contributed by atoms with Gasteiger partial charge in [-0.3, -0.25) is 14.4 Å². The summed E-state index contributed by atoms with van der Waals surface area (Å²) >= 11 is 0. The predicted octanol–water partition coefficient (Wildman–Crippen LogP) is -2.11. The normalized spacial score (nSPS) is 24.4. The highest BCUT2D eigenvalue weighted by molar-refractivity contribution is 5.97. The van der Waals surface area contributed by atoms with Crippen molar-refractivity contribution in [1.82, 2.24) is 10.6 Å². The van der Waals surface area contributed by atoms with Gasteiger partial charge in [0.15, 0.2) is 0 Å². The molecule has 8 N–H and O–H groups in total. The third-order valence-electron chi connectivity index (χ3n) is 3.92. The highest BCUT2D eigenvalue weighted by Crippen LogP contribution is 2.20. The molecule has 9 nitrogen and oxygen atoms in total. The molecule has 0 bridgehead atoms. The number of hydrogen-bond donors (Lipinski definition) is 6. The summed E-state index contributed by atoms with van der Waals surface area (Å²) in [5, 5.41) is 25.0. The highest BCUT2D eigenvalue weighted by Gasteiger charge is 2.34. The van der Waals surface area contributed by atoms with E-state index in [4.69, 9.17) is 11.5 Å². The Kier molecular flexibility index (Phi) is 8.01. The van der Waals surface area contributed by atoms with E-state index >= 15 is 0 Å². The summed E-state index contributed by atoms with van der Waals surface area (Å²) < 4.78 is 0. The zero-order valence-electron chi connectivity index (χ0n) is 14.6. The Morgan fingerprint density at radius 2 is 1.96 bits per heavy atom. The zero-order chi connectivity index (χ0) is 19.1. The molecule has 0 aromatic rings. The van der Waals surface area contributed by atoms with Crippen LogP contribution in [0.25, 0.3) is 0 Å². The second-order valence-corrected chi connectivity index (χ2v) is 6.64. The number of carbonyl (C=O) groups is 3. The largest absolute Gasteiger partial charge is 0.390 e. The second kappa shape index (κ2) is 9.50. The van der Waals surface area contributed by atoms with E-state index in [9.17, 15) is 24.6 Å². The molecule has 0 saturated heterocycles. The van der Waals surface area contributed by atoms with Gasteiger partial charge in [-0.15, -0.1) is 0 Å². The van der Waals surface area contributed by atoms with Crippen LogP contribution in [0.1, 0.15) is 33.1 Å². The van der Waals surface area contributed by atoms with E-state index in [0.717, 1.165) is 0 Å². The molecule has 4 atom stereocenters. The van der Waals surface area contributed by atoms with Gasteiger partial charge in [-0.25, -0.2) is 0 Å². The van der Waals surface area contributed by atoms with Gasteiger partial charge in [-0.2, -0.15) is 0 Å². The Labute approximate surface area is 146 Å². The van der Waals surface area contributed by atoms with Crippen LogP contribution in [-0.2, 0) is 14.4 Å². The van der Waals surface area contributed by atoms with Crippen LogP contribution in [0.3, 0.4) is 0 Å². The maximum absolute atomic E-state index is 12.4. The molecule has 0 radical (unpaired) electrons. The molecule has 1 rings (SSSR count). The van der Waals surface area contributed by atoms with Crippen molar-refractivity contribution < 1.29 is 24.6 Å². The van der Waals surface area contributed by atoms with E-state index in [-0.39, 0.29) is 30.9 Å². The maximum Gasteiger partial charge on any atom is 0.247 e. The summed E-state index contributed by atoms with van der Waals surface area (Å²) in [7, 11) is 0. The van der Waals surface area contributed by atoms with Gasteiger partial charge in [0.1, 0.15) is 12.1 Å². The van der Waals surface area contributed by atoms with Crippen LogP contribution in [0.15, 0.2) is 11.6 Å². The summed E-state index contributed by atoms with van der Waals surface area (Å²) in [5.74, 6) is -1.46. The molecular formula is C16H28N4O5.